The highest BCUT2D eigenvalue weighted by Gasteiger charge is 2.42. The molecule has 9 nitrogen and oxygen atoms in total. The number of carbonyl (C=O) groups excluding carboxylic acids is 1. The number of aliphatic carboxylic acids is 1. The average Bonchev–Trinajstić information content (AvgIpc) is 2.79. The summed E-state index contributed by atoms with van der Waals surface area (Å²) < 4.78 is 37.9. The first-order valence-electron chi connectivity index (χ1n) is 9.85. The Kier molecular flexibility index (Phi) is 7.23. The maximum absolute atomic E-state index is 12.8. The molecule has 0 aliphatic carbocycles. The van der Waals surface area contributed by atoms with Gasteiger partial charge in [0.2, 0.25) is 0 Å². The van der Waals surface area contributed by atoms with Crippen molar-refractivity contribution in [1.82, 2.24) is 19.9 Å². The molecule has 0 bridgehead atoms. The third-order valence-electron chi connectivity index (χ3n) is 5.10. The number of rotatable bonds is 2. The van der Waals surface area contributed by atoms with E-state index in [1.165, 1.54) is 0 Å². The number of nitrogens with zero attached hydrogens (tertiary/aromatic N) is 5. The van der Waals surface area contributed by atoms with E-state index < -0.39 is 12.1 Å². The molecular weight excluding hydrogens is 431 g/mol. The maximum Gasteiger partial charge on any atom is 0.490 e. The summed E-state index contributed by atoms with van der Waals surface area (Å²) in [7, 11) is 0. The van der Waals surface area contributed by atoms with Crippen LogP contribution in [-0.2, 0) is 9.53 Å². The molecule has 4 heterocycles. The predicted octanol–water partition coefficient (Wildman–Crippen LogP) is 2.02. The Morgan fingerprint density at radius 2 is 1.84 bits per heavy atom. The number of halogens is 3. The van der Waals surface area contributed by atoms with Crippen molar-refractivity contribution in [2.75, 3.05) is 37.7 Å². The van der Waals surface area contributed by atoms with Gasteiger partial charge in [-0.25, -0.2) is 9.78 Å². The number of carboxylic acid groups (broad SMARTS) is 1. The lowest BCUT2D eigenvalue weighted by molar-refractivity contribution is -0.192. The van der Waals surface area contributed by atoms with Crippen molar-refractivity contribution >= 4 is 17.7 Å². The van der Waals surface area contributed by atoms with Crippen LogP contribution in [0.4, 0.5) is 19.0 Å². The van der Waals surface area contributed by atoms with Gasteiger partial charge in [-0.05, 0) is 25.0 Å². The van der Waals surface area contributed by atoms with Gasteiger partial charge in [0.1, 0.15) is 11.4 Å². The molecule has 0 radical (unpaired) electrons. The van der Waals surface area contributed by atoms with Gasteiger partial charge in [-0.3, -0.25) is 14.8 Å². The smallest absolute Gasteiger partial charge is 0.475 e. The van der Waals surface area contributed by atoms with Crippen LogP contribution in [0.25, 0.3) is 0 Å². The number of alkyl halides is 3. The number of morpholine rings is 1. The van der Waals surface area contributed by atoms with E-state index in [0.29, 0.717) is 25.3 Å². The Balaban J connectivity index is 0.000000360. The summed E-state index contributed by atoms with van der Waals surface area (Å²) >= 11 is 0. The molecule has 2 aromatic rings. The second-order valence-electron chi connectivity index (χ2n) is 7.39. The molecule has 32 heavy (non-hydrogen) atoms. The van der Waals surface area contributed by atoms with Crippen molar-refractivity contribution in [3.8, 4) is 0 Å². The summed E-state index contributed by atoms with van der Waals surface area (Å²) in [5.74, 6) is -1.87. The molecule has 12 heteroatoms. The van der Waals surface area contributed by atoms with Crippen LogP contribution >= 0.6 is 0 Å². The number of hydrogen-bond donors (Lipinski definition) is 1. The van der Waals surface area contributed by atoms with Gasteiger partial charge in [-0.2, -0.15) is 13.2 Å². The molecule has 2 aliphatic rings. The third-order valence-corrected chi connectivity index (χ3v) is 5.10. The number of aromatic nitrogens is 3. The molecule has 2 fully saturated rings. The van der Waals surface area contributed by atoms with Gasteiger partial charge >= 0.3 is 12.1 Å². The van der Waals surface area contributed by atoms with Crippen molar-refractivity contribution < 1.29 is 32.6 Å². The van der Waals surface area contributed by atoms with Gasteiger partial charge in [-0.15, -0.1) is 0 Å². The van der Waals surface area contributed by atoms with Crippen molar-refractivity contribution in [1.29, 1.82) is 0 Å². The first kappa shape index (κ1) is 23.4. The second-order valence-corrected chi connectivity index (χ2v) is 7.39. The van der Waals surface area contributed by atoms with Crippen LogP contribution < -0.4 is 4.90 Å². The zero-order chi connectivity index (χ0) is 23.2. The number of ether oxygens (including phenoxy) is 1. The normalized spacial score (nSPS) is 21.0. The molecule has 0 saturated carbocycles. The van der Waals surface area contributed by atoms with Gasteiger partial charge in [-0.1, -0.05) is 0 Å². The van der Waals surface area contributed by atoms with Crippen LogP contribution in [-0.4, -0.2) is 81.4 Å². The van der Waals surface area contributed by atoms with E-state index >= 15 is 0 Å². The fourth-order valence-corrected chi connectivity index (χ4v) is 3.69. The largest absolute Gasteiger partial charge is 0.490 e. The number of amides is 1. The van der Waals surface area contributed by atoms with Crippen LogP contribution in [0, 0.1) is 0 Å². The molecule has 1 unspecified atom stereocenters. The molecular formula is C20H22F3N5O4. The fourth-order valence-electron chi connectivity index (χ4n) is 3.69. The van der Waals surface area contributed by atoms with Crippen molar-refractivity contribution in [2.45, 2.75) is 24.6 Å². The van der Waals surface area contributed by atoms with Gasteiger partial charge < -0.3 is 19.6 Å². The van der Waals surface area contributed by atoms with E-state index in [0.717, 1.165) is 31.7 Å². The minimum atomic E-state index is -5.08. The number of pyridine rings is 1. The molecule has 2 aromatic heterocycles. The quantitative estimate of drug-likeness (QED) is 0.736. The highest BCUT2D eigenvalue weighted by atomic mass is 19.4. The molecule has 2 aliphatic heterocycles. The summed E-state index contributed by atoms with van der Waals surface area (Å²) in [6.07, 6.45) is 5.33. The van der Waals surface area contributed by atoms with Gasteiger partial charge in [0.15, 0.2) is 0 Å². The third kappa shape index (κ3) is 5.90. The number of anilines is 1. The lowest BCUT2D eigenvalue weighted by atomic mass is 9.90. The molecule has 2 saturated heterocycles. The van der Waals surface area contributed by atoms with Crippen LogP contribution in [0.1, 0.15) is 23.2 Å². The van der Waals surface area contributed by atoms with Gasteiger partial charge in [0.05, 0.1) is 31.5 Å². The monoisotopic (exact) mass is 453 g/mol. The maximum atomic E-state index is 12.8. The van der Waals surface area contributed by atoms with Crippen molar-refractivity contribution in [3.63, 3.8) is 0 Å². The predicted molar refractivity (Wildman–Crippen MR) is 106 cm³/mol. The molecule has 1 N–H and O–H groups in total. The zero-order valence-electron chi connectivity index (χ0n) is 17.0. The Morgan fingerprint density at radius 1 is 1.09 bits per heavy atom. The minimum Gasteiger partial charge on any atom is -0.475 e. The summed E-state index contributed by atoms with van der Waals surface area (Å²) in [5, 5.41) is 7.12. The second kappa shape index (κ2) is 9.90. The lowest BCUT2D eigenvalue weighted by Gasteiger charge is -2.48. The molecule has 1 amide bonds. The van der Waals surface area contributed by atoms with Gasteiger partial charge in [0.25, 0.3) is 5.91 Å². The van der Waals surface area contributed by atoms with Crippen LogP contribution in [0.3, 0.4) is 0 Å². The number of carbonyl (C=O) groups is 2. The Morgan fingerprint density at radius 3 is 2.47 bits per heavy atom. The molecule has 1 spiro atoms. The van der Waals surface area contributed by atoms with Crippen LogP contribution in [0.15, 0.2) is 43.1 Å². The lowest BCUT2D eigenvalue weighted by Crippen LogP contribution is -2.61. The summed E-state index contributed by atoms with van der Waals surface area (Å²) in [4.78, 5) is 38.4. The summed E-state index contributed by atoms with van der Waals surface area (Å²) in [5.41, 5.74) is 0.285. The molecule has 1 atom stereocenters. The highest BCUT2D eigenvalue weighted by molar-refractivity contribution is 5.94. The Hall–Kier alpha value is -3.28. The standard InChI is InChI=1S/C18H21N5O2.C2HF3O2/c24-17(15-3-1-5-19-11-15)23-9-10-25-18(14-23)4-2-8-22(13-18)16-12-20-6-7-21-16;3-2(4,5)1(6)7/h1,3,5-7,11-12H,2,4,8-10,13-14H2;(H,6,7). The van der Waals surface area contributed by atoms with E-state index in [-0.39, 0.29) is 11.5 Å². The van der Waals surface area contributed by atoms with E-state index in [1.807, 2.05) is 11.0 Å². The number of piperidine rings is 1. The van der Waals surface area contributed by atoms with E-state index in [9.17, 15) is 18.0 Å². The average molecular weight is 453 g/mol. The van der Waals surface area contributed by atoms with Crippen LogP contribution in [0.2, 0.25) is 0 Å². The molecule has 0 aromatic carbocycles. The van der Waals surface area contributed by atoms with E-state index in [2.05, 4.69) is 19.9 Å². The first-order valence-corrected chi connectivity index (χ1v) is 9.85. The SMILES string of the molecule is O=C(O)C(F)(F)F.O=C(c1cccnc1)N1CCOC2(CCCN(c3cnccn3)C2)C1. The van der Waals surface area contributed by atoms with E-state index in [4.69, 9.17) is 14.6 Å². The Labute approximate surface area is 181 Å². The first-order chi connectivity index (χ1) is 15.2. The zero-order valence-corrected chi connectivity index (χ0v) is 17.0. The Bertz CT molecular complexity index is 912. The molecule has 172 valence electrons. The number of hydrogen-bond acceptors (Lipinski definition) is 7. The van der Waals surface area contributed by atoms with Gasteiger partial charge in [0, 0.05) is 37.9 Å². The molecule has 4 rings (SSSR count). The van der Waals surface area contributed by atoms with Crippen LogP contribution in [0.5, 0.6) is 0 Å². The number of carboxylic acids is 1. The van der Waals surface area contributed by atoms with E-state index in [1.54, 1.807) is 37.1 Å². The summed E-state index contributed by atoms with van der Waals surface area (Å²) in [6, 6.07) is 3.60. The van der Waals surface area contributed by atoms with Crippen molar-refractivity contribution in [2.24, 2.45) is 0 Å². The fraction of sp³-hybridized carbons (Fsp3) is 0.450. The highest BCUT2D eigenvalue weighted by Crippen LogP contribution is 2.31. The topological polar surface area (TPSA) is 109 Å². The van der Waals surface area contributed by atoms with Crippen molar-refractivity contribution in [3.05, 3.63) is 48.7 Å². The summed E-state index contributed by atoms with van der Waals surface area (Å²) in [6.45, 7) is 3.42. The minimum absolute atomic E-state index is 0.0207.